The maximum absolute atomic E-state index is 11.8. The summed E-state index contributed by atoms with van der Waals surface area (Å²) in [5.41, 5.74) is 0. The minimum absolute atomic E-state index is 0.0874. The molecule has 1 heterocycles. The van der Waals surface area contributed by atoms with Crippen LogP contribution in [0, 0.1) is 0 Å². The van der Waals surface area contributed by atoms with E-state index in [1.54, 1.807) is 0 Å². The third-order valence-electron chi connectivity index (χ3n) is 3.08. The summed E-state index contributed by atoms with van der Waals surface area (Å²) in [4.78, 5) is 15.9. The molecule has 5 nitrogen and oxygen atoms in total. The molecule has 1 saturated heterocycles. The van der Waals surface area contributed by atoms with Crippen LogP contribution in [0.25, 0.3) is 0 Å². The lowest BCUT2D eigenvalue weighted by Gasteiger charge is -2.34. The van der Waals surface area contributed by atoms with Crippen molar-refractivity contribution >= 4 is 15.7 Å². The van der Waals surface area contributed by atoms with Gasteiger partial charge in [-0.3, -0.25) is 4.79 Å². The van der Waals surface area contributed by atoms with Crippen molar-refractivity contribution in [2.45, 2.75) is 19.8 Å². The Bertz CT molecular complexity index is 346. The van der Waals surface area contributed by atoms with Gasteiger partial charge in [-0.25, -0.2) is 8.42 Å². The van der Waals surface area contributed by atoms with E-state index in [0.717, 1.165) is 32.7 Å². The van der Waals surface area contributed by atoms with Crippen LogP contribution >= 0.6 is 0 Å². The van der Waals surface area contributed by atoms with Gasteiger partial charge in [0.2, 0.25) is 5.91 Å². The highest BCUT2D eigenvalue weighted by Gasteiger charge is 2.19. The number of piperazine rings is 1. The van der Waals surface area contributed by atoms with Crippen LogP contribution in [0.1, 0.15) is 19.8 Å². The SMILES string of the molecule is CCN1CCN(C(=O)CCCS(C)(=O)=O)CC1. The third kappa shape index (κ3) is 5.50. The molecule has 0 N–H and O–H groups in total. The summed E-state index contributed by atoms with van der Waals surface area (Å²) in [7, 11) is -2.94. The third-order valence-corrected chi connectivity index (χ3v) is 4.11. The van der Waals surface area contributed by atoms with Crippen molar-refractivity contribution in [1.82, 2.24) is 9.80 Å². The average Bonchev–Trinajstić information content (AvgIpc) is 2.27. The molecule has 1 aliphatic rings. The standard InChI is InChI=1S/C11H22N2O3S/c1-3-12-6-8-13(9-7-12)11(14)5-4-10-17(2,15)16/h3-10H2,1-2H3. The number of rotatable bonds is 5. The number of carbonyl (C=O) groups is 1. The molecule has 1 fully saturated rings. The van der Waals surface area contributed by atoms with E-state index < -0.39 is 9.84 Å². The van der Waals surface area contributed by atoms with Gasteiger partial charge < -0.3 is 9.80 Å². The van der Waals surface area contributed by atoms with Crippen molar-refractivity contribution in [2.24, 2.45) is 0 Å². The van der Waals surface area contributed by atoms with Crippen LogP contribution in [-0.4, -0.2) is 68.9 Å². The Morgan fingerprint density at radius 3 is 2.24 bits per heavy atom. The Labute approximate surface area is 104 Å². The van der Waals surface area contributed by atoms with E-state index >= 15 is 0 Å². The molecule has 1 aliphatic heterocycles. The normalized spacial score (nSPS) is 18.4. The lowest BCUT2D eigenvalue weighted by molar-refractivity contribution is -0.132. The fraction of sp³-hybridized carbons (Fsp3) is 0.909. The quantitative estimate of drug-likeness (QED) is 0.698. The molecule has 0 bridgehead atoms. The van der Waals surface area contributed by atoms with Crippen LogP contribution in [0.15, 0.2) is 0 Å². The summed E-state index contributed by atoms with van der Waals surface area (Å²) in [6, 6.07) is 0. The van der Waals surface area contributed by atoms with E-state index in [-0.39, 0.29) is 11.7 Å². The minimum Gasteiger partial charge on any atom is -0.340 e. The van der Waals surface area contributed by atoms with Gasteiger partial charge >= 0.3 is 0 Å². The molecule has 0 unspecified atom stereocenters. The summed E-state index contributed by atoms with van der Waals surface area (Å²) in [6.07, 6.45) is 1.99. The van der Waals surface area contributed by atoms with E-state index in [1.807, 2.05) is 4.90 Å². The second kappa shape index (κ2) is 6.35. The summed E-state index contributed by atoms with van der Waals surface area (Å²) >= 11 is 0. The maximum Gasteiger partial charge on any atom is 0.222 e. The van der Waals surface area contributed by atoms with Crippen molar-refractivity contribution in [3.05, 3.63) is 0 Å². The molecule has 6 heteroatoms. The number of sulfone groups is 1. The van der Waals surface area contributed by atoms with Crippen molar-refractivity contribution in [3.8, 4) is 0 Å². The zero-order valence-electron chi connectivity index (χ0n) is 10.7. The maximum atomic E-state index is 11.8. The number of hydrogen-bond donors (Lipinski definition) is 0. The van der Waals surface area contributed by atoms with Crippen LogP contribution in [0.4, 0.5) is 0 Å². The molecular weight excluding hydrogens is 240 g/mol. The molecule has 1 rings (SSSR count). The molecule has 0 radical (unpaired) electrons. The van der Waals surface area contributed by atoms with Crippen LogP contribution < -0.4 is 0 Å². The molecule has 0 aromatic carbocycles. The Morgan fingerprint density at radius 1 is 1.18 bits per heavy atom. The van der Waals surface area contributed by atoms with Gasteiger partial charge in [-0.2, -0.15) is 0 Å². The number of likely N-dealkylation sites (N-methyl/N-ethyl adjacent to an activating group) is 1. The zero-order chi connectivity index (χ0) is 12.9. The average molecular weight is 262 g/mol. The summed E-state index contributed by atoms with van der Waals surface area (Å²) in [5.74, 6) is 0.192. The zero-order valence-corrected chi connectivity index (χ0v) is 11.5. The number of amides is 1. The fourth-order valence-electron chi connectivity index (χ4n) is 1.96. The minimum atomic E-state index is -2.94. The second-order valence-electron chi connectivity index (χ2n) is 4.55. The lowest BCUT2D eigenvalue weighted by atomic mass is 10.2. The van der Waals surface area contributed by atoms with Crippen molar-refractivity contribution < 1.29 is 13.2 Å². The Morgan fingerprint density at radius 2 is 1.76 bits per heavy atom. The van der Waals surface area contributed by atoms with Gasteiger partial charge in [-0.05, 0) is 13.0 Å². The second-order valence-corrected chi connectivity index (χ2v) is 6.81. The first-order valence-corrected chi connectivity index (χ1v) is 8.16. The van der Waals surface area contributed by atoms with E-state index in [0.29, 0.717) is 12.8 Å². The molecule has 0 atom stereocenters. The fourth-order valence-corrected chi connectivity index (χ4v) is 2.63. The van der Waals surface area contributed by atoms with Crippen molar-refractivity contribution in [2.75, 3.05) is 44.7 Å². The molecule has 1 amide bonds. The number of hydrogen-bond acceptors (Lipinski definition) is 4. The van der Waals surface area contributed by atoms with E-state index in [4.69, 9.17) is 0 Å². The molecule has 0 aromatic heterocycles. The van der Waals surface area contributed by atoms with Crippen molar-refractivity contribution in [3.63, 3.8) is 0 Å². The lowest BCUT2D eigenvalue weighted by Crippen LogP contribution is -2.48. The summed E-state index contributed by atoms with van der Waals surface area (Å²) in [5, 5.41) is 0. The molecular formula is C11H22N2O3S. The van der Waals surface area contributed by atoms with E-state index in [2.05, 4.69) is 11.8 Å². The smallest absolute Gasteiger partial charge is 0.222 e. The van der Waals surface area contributed by atoms with Gasteiger partial charge in [-0.15, -0.1) is 0 Å². The van der Waals surface area contributed by atoms with Crippen LogP contribution in [0.5, 0.6) is 0 Å². The first-order valence-electron chi connectivity index (χ1n) is 6.10. The summed E-state index contributed by atoms with van der Waals surface area (Å²) in [6.45, 7) is 6.53. The monoisotopic (exact) mass is 262 g/mol. The number of nitrogens with zero attached hydrogens (tertiary/aromatic N) is 2. The molecule has 100 valence electrons. The molecule has 0 aromatic rings. The Hall–Kier alpha value is -0.620. The first kappa shape index (κ1) is 14.4. The predicted octanol–water partition coefficient (Wildman–Crippen LogP) is -0.0247. The molecule has 0 saturated carbocycles. The highest BCUT2D eigenvalue weighted by atomic mass is 32.2. The van der Waals surface area contributed by atoms with Gasteiger partial charge in [0.25, 0.3) is 0 Å². The van der Waals surface area contributed by atoms with Crippen LogP contribution in [0.3, 0.4) is 0 Å². The van der Waals surface area contributed by atoms with E-state index in [1.165, 1.54) is 6.26 Å². The molecule has 0 spiro atoms. The van der Waals surface area contributed by atoms with Gasteiger partial charge in [0.1, 0.15) is 9.84 Å². The highest BCUT2D eigenvalue weighted by molar-refractivity contribution is 7.90. The topological polar surface area (TPSA) is 57.7 Å². The van der Waals surface area contributed by atoms with Crippen LogP contribution in [-0.2, 0) is 14.6 Å². The van der Waals surface area contributed by atoms with Gasteiger partial charge in [0.15, 0.2) is 0 Å². The van der Waals surface area contributed by atoms with Gasteiger partial charge in [0, 0.05) is 38.9 Å². The predicted molar refractivity (Wildman–Crippen MR) is 67.6 cm³/mol. The van der Waals surface area contributed by atoms with Gasteiger partial charge in [0.05, 0.1) is 5.75 Å². The van der Waals surface area contributed by atoms with E-state index in [9.17, 15) is 13.2 Å². The Kier molecular flexibility index (Phi) is 5.39. The van der Waals surface area contributed by atoms with Gasteiger partial charge in [-0.1, -0.05) is 6.92 Å². The first-order chi connectivity index (χ1) is 7.92. The summed E-state index contributed by atoms with van der Waals surface area (Å²) < 4.78 is 21.9. The highest BCUT2D eigenvalue weighted by Crippen LogP contribution is 2.05. The van der Waals surface area contributed by atoms with Crippen molar-refractivity contribution in [1.29, 1.82) is 0 Å². The van der Waals surface area contributed by atoms with Crippen LogP contribution in [0.2, 0.25) is 0 Å². The largest absolute Gasteiger partial charge is 0.340 e. The molecule has 0 aliphatic carbocycles. The Balaban J connectivity index is 2.25. The molecule has 17 heavy (non-hydrogen) atoms. The number of carbonyl (C=O) groups excluding carboxylic acids is 1.